The van der Waals surface area contributed by atoms with E-state index in [-0.39, 0.29) is 11.9 Å². The van der Waals surface area contributed by atoms with Crippen molar-refractivity contribution in [3.63, 3.8) is 0 Å². The van der Waals surface area contributed by atoms with Crippen LogP contribution in [0.3, 0.4) is 0 Å². The highest BCUT2D eigenvalue weighted by Gasteiger charge is 2.31. The number of amides is 1. The average Bonchev–Trinajstić information content (AvgIpc) is 2.17. The maximum absolute atomic E-state index is 12.1. The molecule has 0 aliphatic carbocycles. The second kappa shape index (κ2) is 5.72. The Morgan fingerprint density at radius 3 is 2.40 bits per heavy atom. The Hall–Kier alpha value is -1.08. The number of hydrogen-bond donors (Lipinski definition) is 1. The number of rotatable bonds is 5. The lowest BCUT2D eigenvalue weighted by Gasteiger charge is -2.34. The van der Waals surface area contributed by atoms with Gasteiger partial charge in [0, 0.05) is 12.6 Å². The van der Waals surface area contributed by atoms with Gasteiger partial charge in [0.1, 0.15) is 0 Å². The zero-order valence-electron chi connectivity index (χ0n) is 10.3. The molecule has 86 valence electrons. The number of nitrogens with zero attached hydrogens (tertiary/aromatic N) is 2. The number of hydrogen-bond acceptors (Lipinski definition) is 3. The molecular formula is C11H21N3O. The molecule has 15 heavy (non-hydrogen) atoms. The van der Waals surface area contributed by atoms with E-state index in [2.05, 4.69) is 11.4 Å². The van der Waals surface area contributed by atoms with Gasteiger partial charge in [0.15, 0.2) is 0 Å². The van der Waals surface area contributed by atoms with Crippen LogP contribution in [0.4, 0.5) is 0 Å². The van der Waals surface area contributed by atoms with E-state index in [4.69, 9.17) is 5.26 Å². The lowest BCUT2D eigenvalue weighted by atomic mass is 10.0. The van der Waals surface area contributed by atoms with Crippen molar-refractivity contribution in [2.75, 3.05) is 13.6 Å². The van der Waals surface area contributed by atoms with Gasteiger partial charge >= 0.3 is 0 Å². The van der Waals surface area contributed by atoms with Crippen molar-refractivity contribution in [3.05, 3.63) is 0 Å². The fraction of sp³-hybridized carbons (Fsp3) is 0.818. The average molecular weight is 211 g/mol. The molecule has 0 aliphatic heterocycles. The van der Waals surface area contributed by atoms with Crippen molar-refractivity contribution in [1.29, 1.82) is 5.26 Å². The minimum absolute atomic E-state index is 0.0373. The molecule has 0 aromatic heterocycles. The van der Waals surface area contributed by atoms with E-state index in [9.17, 15) is 4.79 Å². The molecule has 4 nitrogen and oxygen atoms in total. The van der Waals surface area contributed by atoms with Crippen LogP contribution in [0.5, 0.6) is 0 Å². The summed E-state index contributed by atoms with van der Waals surface area (Å²) in [6, 6.07) is 2.19. The smallest absolute Gasteiger partial charge is 0.242 e. The molecule has 0 heterocycles. The van der Waals surface area contributed by atoms with Gasteiger partial charge in [0.05, 0.1) is 18.0 Å². The van der Waals surface area contributed by atoms with Crippen LogP contribution in [-0.4, -0.2) is 36.0 Å². The molecule has 1 amide bonds. The van der Waals surface area contributed by atoms with Gasteiger partial charge in [0.25, 0.3) is 0 Å². The summed E-state index contributed by atoms with van der Waals surface area (Å²) in [4.78, 5) is 13.8. The predicted octanol–water partition coefficient (Wildman–Crippen LogP) is 1.14. The van der Waals surface area contributed by atoms with Crippen LogP contribution in [0.15, 0.2) is 0 Å². The Morgan fingerprint density at radius 2 is 2.07 bits per heavy atom. The number of carbonyl (C=O) groups is 1. The molecule has 0 unspecified atom stereocenters. The molecule has 0 atom stereocenters. The molecule has 0 aromatic carbocycles. The highest BCUT2D eigenvalue weighted by atomic mass is 16.2. The molecule has 4 heteroatoms. The Morgan fingerprint density at radius 1 is 1.53 bits per heavy atom. The van der Waals surface area contributed by atoms with Crippen molar-refractivity contribution >= 4 is 5.91 Å². The van der Waals surface area contributed by atoms with E-state index in [0.29, 0.717) is 13.0 Å². The lowest BCUT2D eigenvalue weighted by Crippen LogP contribution is -2.54. The predicted molar refractivity (Wildman–Crippen MR) is 60.2 cm³/mol. The standard InChI is InChI=1S/C11H21N3O/c1-9(2)14(8-6-7-12)10(15)11(3,4)13-5/h9,13H,6,8H2,1-5H3. The van der Waals surface area contributed by atoms with Crippen molar-refractivity contribution in [2.24, 2.45) is 0 Å². The van der Waals surface area contributed by atoms with Gasteiger partial charge in [-0.3, -0.25) is 4.79 Å². The minimum Gasteiger partial charge on any atom is -0.338 e. The third-order valence-corrected chi connectivity index (χ3v) is 2.51. The molecule has 0 spiro atoms. The van der Waals surface area contributed by atoms with Crippen LogP contribution in [-0.2, 0) is 4.79 Å². The summed E-state index contributed by atoms with van der Waals surface area (Å²) in [5, 5.41) is 11.5. The van der Waals surface area contributed by atoms with Crippen molar-refractivity contribution < 1.29 is 4.79 Å². The largest absolute Gasteiger partial charge is 0.338 e. The molecule has 0 bridgehead atoms. The van der Waals surface area contributed by atoms with Gasteiger partial charge in [-0.25, -0.2) is 0 Å². The fourth-order valence-electron chi connectivity index (χ4n) is 1.23. The molecule has 0 aromatic rings. The Labute approximate surface area is 92.3 Å². The minimum atomic E-state index is -0.570. The SMILES string of the molecule is CNC(C)(C)C(=O)N(CCC#N)C(C)C. The lowest BCUT2D eigenvalue weighted by molar-refractivity contribution is -0.138. The topological polar surface area (TPSA) is 56.1 Å². The van der Waals surface area contributed by atoms with Crippen molar-refractivity contribution in [2.45, 2.75) is 45.7 Å². The number of nitrogens with one attached hydrogen (secondary N) is 1. The second-order valence-corrected chi connectivity index (χ2v) is 4.38. The van der Waals surface area contributed by atoms with Gasteiger partial charge in [0.2, 0.25) is 5.91 Å². The monoisotopic (exact) mass is 211 g/mol. The maximum Gasteiger partial charge on any atom is 0.242 e. The van der Waals surface area contributed by atoms with Crippen LogP contribution in [0.2, 0.25) is 0 Å². The van der Waals surface area contributed by atoms with E-state index in [1.165, 1.54) is 0 Å². The molecule has 1 N–H and O–H groups in total. The first-order chi connectivity index (χ1) is 6.86. The molecule has 0 radical (unpaired) electrons. The van der Waals surface area contributed by atoms with Gasteiger partial charge in [-0.05, 0) is 34.7 Å². The zero-order valence-corrected chi connectivity index (χ0v) is 10.3. The molecule has 0 saturated carbocycles. The highest BCUT2D eigenvalue weighted by Crippen LogP contribution is 2.11. The van der Waals surface area contributed by atoms with E-state index < -0.39 is 5.54 Å². The van der Waals surface area contributed by atoms with Gasteiger partial charge in [-0.15, -0.1) is 0 Å². The van der Waals surface area contributed by atoms with E-state index in [1.807, 2.05) is 27.7 Å². The molecular weight excluding hydrogens is 190 g/mol. The molecule has 0 fully saturated rings. The zero-order chi connectivity index (χ0) is 12.1. The molecule has 0 rings (SSSR count). The Bertz CT molecular complexity index is 253. The summed E-state index contributed by atoms with van der Waals surface area (Å²) < 4.78 is 0. The Kier molecular flexibility index (Phi) is 5.31. The second-order valence-electron chi connectivity index (χ2n) is 4.38. The first-order valence-corrected chi connectivity index (χ1v) is 5.23. The van der Waals surface area contributed by atoms with Crippen LogP contribution in [0.1, 0.15) is 34.1 Å². The number of nitriles is 1. The molecule has 0 aliphatic rings. The molecule has 0 saturated heterocycles. The van der Waals surface area contributed by atoms with Gasteiger partial charge in [-0.1, -0.05) is 0 Å². The third kappa shape index (κ3) is 3.88. The normalized spacial score (nSPS) is 11.3. The van der Waals surface area contributed by atoms with Crippen LogP contribution in [0.25, 0.3) is 0 Å². The Balaban J connectivity index is 4.64. The third-order valence-electron chi connectivity index (χ3n) is 2.51. The summed E-state index contributed by atoms with van der Waals surface area (Å²) in [7, 11) is 1.76. The first-order valence-electron chi connectivity index (χ1n) is 5.23. The van der Waals surface area contributed by atoms with Gasteiger partial charge < -0.3 is 10.2 Å². The van der Waals surface area contributed by atoms with Crippen LogP contribution < -0.4 is 5.32 Å². The van der Waals surface area contributed by atoms with E-state index >= 15 is 0 Å². The van der Waals surface area contributed by atoms with Gasteiger partial charge in [-0.2, -0.15) is 5.26 Å². The maximum atomic E-state index is 12.1. The number of carbonyl (C=O) groups excluding carboxylic acids is 1. The quantitative estimate of drug-likeness (QED) is 0.741. The fourth-order valence-corrected chi connectivity index (χ4v) is 1.23. The van der Waals surface area contributed by atoms with E-state index in [1.54, 1.807) is 11.9 Å². The summed E-state index contributed by atoms with van der Waals surface area (Å²) in [6.45, 7) is 8.11. The first kappa shape index (κ1) is 13.9. The van der Waals surface area contributed by atoms with Crippen molar-refractivity contribution in [3.8, 4) is 6.07 Å². The summed E-state index contributed by atoms with van der Waals surface area (Å²) in [5.41, 5.74) is -0.570. The summed E-state index contributed by atoms with van der Waals surface area (Å²) in [6.07, 6.45) is 0.379. The number of likely N-dealkylation sites (N-methyl/N-ethyl adjacent to an activating group) is 1. The van der Waals surface area contributed by atoms with Crippen LogP contribution in [0, 0.1) is 11.3 Å². The highest BCUT2D eigenvalue weighted by molar-refractivity contribution is 5.85. The van der Waals surface area contributed by atoms with Crippen LogP contribution >= 0.6 is 0 Å². The van der Waals surface area contributed by atoms with Crippen molar-refractivity contribution in [1.82, 2.24) is 10.2 Å². The summed E-state index contributed by atoms with van der Waals surface area (Å²) in [5.74, 6) is 0.0373. The van der Waals surface area contributed by atoms with E-state index in [0.717, 1.165) is 0 Å². The summed E-state index contributed by atoms with van der Waals surface area (Å²) >= 11 is 0.